The first-order chi connectivity index (χ1) is 12.7. The first-order valence-corrected chi connectivity index (χ1v) is 8.65. The molecular formula is C14H9Cl2F3N4O3S. The predicted octanol–water partition coefficient (Wildman–Crippen LogP) is 4.18. The van der Waals surface area contributed by atoms with Crippen LogP contribution in [0.4, 0.5) is 13.2 Å². The molecule has 0 fully saturated rings. The lowest BCUT2D eigenvalue weighted by Gasteiger charge is -2.09. The molecule has 0 atom stereocenters. The van der Waals surface area contributed by atoms with Gasteiger partial charge in [-0.25, -0.2) is 4.98 Å². The molecule has 0 aliphatic heterocycles. The minimum Gasteiger partial charge on any atom is -0.377 e. The number of halogens is 5. The number of aromatic nitrogens is 4. The van der Waals surface area contributed by atoms with Gasteiger partial charge >= 0.3 is 6.18 Å². The van der Waals surface area contributed by atoms with Crippen LogP contribution in [0.3, 0.4) is 0 Å². The summed E-state index contributed by atoms with van der Waals surface area (Å²) < 4.78 is 51.2. The van der Waals surface area contributed by atoms with Crippen LogP contribution in [-0.4, -0.2) is 25.8 Å². The fourth-order valence-corrected chi connectivity index (χ4v) is 2.68. The highest BCUT2D eigenvalue weighted by Gasteiger charge is 2.32. The van der Waals surface area contributed by atoms with Gasteiger partial charge in [0.05, 0.1) is 23.4 Å². The third-order valence-electron chi connectivity index (χ3n) is 3.24. The van der Waals surface area contributed by atoms with Crippen molar-refractivity contribution in [3.05, 3.63) is 50.5 Å². The van der Waals surface area contributed by atoms with Crippen molar-refractivity contribution < 1.29 is 21.5 Å². The Balaban J connectivity index is 2.24. The van der Waals surface area contributed by atoms with Gasteiger partial charge < -0.3 is 4.18 Å². The number of rotatable bonds is 5. The van der Waals surface area contributed by atoms with Gasteiger partial charge in [0, 0.05) is 6.20 Å². The van der Waals surface area contributed by atoms with Gasteiger partial charge in [-0.05, 0) is 19.1 Å². The van der Waals surface area contributed by atoms with E-state index in [1.54, 1.807) is 6.92 Å². The van der Waals surface area contributed by atoms with Crippen molar-refractivity contribution in [2.45, 2.75) is 13.1 Å². The Hall–Kier alpha value is -1.95. The number of hydrogen-bond acceptors (Lipinski definition) is 6. The van der Waals surface area contributed by atoms with Crippen molar-refractivity contribution in [1.29, 1.82) is 0 Å². The van der Waals surface area contributed by atoms with Crippen LogP contribution >= 0.6 is 35.5 Å². The molecule has 27 heavy (non-hydrogen) atoms. The van der Waals surface area contributed by atoms with E-state index in [1.807, 2.05) is 0 Å². The lowest BCUT2D eigenvalue weighted by molar-refractivity contribution is -0.137. The van der Waals surface area contributed by atoms with Crippen LogP contribution in [0.25, 0.3) is 11.5 Å². The topological polar surface area (TPSA) is 70.7 Å². The molecule has 3 aromatic heterocycles. The molecule has 3 aromatic rings. The van der Waals surface area contributed by atoms with E-state index in [0.717, 1.165) is 33.6 Å². The molecule has 3 rings (SSSR count). The highest BCUT2D eigenvalue weighted by molar-refractivity contribution is 7.90. The predicted molar refractivity (Wildman–Crippen MR) is 93.5 cm³/mol. The second-order valence-electron chi connectivity index (χ2n) is 4.97. The van der Waals surface area contributed by atoms with E-state index in [1.165, 1.54) is 0 Å². The largest absolute Gasteiger partial charge is 0.417 e. The first kappa shape index (κ1) is 19.8. The molecule has 0 radical (unpaired) electrons. The van der Waals surface area contributed by atoms with Crippen LogP contribution < -0.4 is 9.74 Å². The number of pyridine rings is 1. The number of nitrogens with zero attached hydrogens (tertiary/aromatic N) is 4. The molecule has 0 unspecified atom stereocenters. The van der Waals surface area contributed by atoms with E-state index in [0.29, 0.717) is 12.3 Å². The van der Waals surface area contributed by atoms with Gasteiger partial charge in [-0.15, -0.1) is 0 Å². The second kappa shape index (κ2) is 7.58. The molecule has 7 nitrogen and oxygen atoms in total. The molecule has 0 bridgehead atoms. The van der Waals surface area contributed by atoms with E-state index in [4.69, 9.17) is 31.6 Å². The van der Waals surface area contributed by atoms with Gasteiger partial charge in [0.15, 0.2) is 0 Å². The van der Waals surface area contributed by atoms with E-state index >= 15 is 0 Å². The number of fused-ring (bicyclic) bond motifs is 1. The highest BCUT2D eigenvalue weighted by atomic mass is 35.5. The van der Waals surface area contributed by atoms with Gasteiger partial charge in [0.25, 0.3) is 11.4 Å². The van der Waals surface area contributed by atoms with Crippen molar-refractivity contribution in [3.63, 3.8) is 0 Å². The summed E-state index contributed by atoms with van der Waals surface area (Å²) in [4.78, 5) is 16.5. The molecular weight excluding hydrogens is 432 g/mol. The fraction of sp³-hybridized carbons (Fsp3) is 0.214. The highest BCUT2D eigenvalue weighted by Crippen LogP contribution is 2.33. The maximum absolute atomic E-state index is 13.0. The summed E-state index contributed by atoms with van der Waals surface area (Å²) in [7, 11) is 0. The fourth-order valence-electron chi connectivity index (χ4n) is 2.06. The first-order valence-electron chi connectivity index (χ1n) is 7.23. The summed E-state index contributed by atoms with van der Waals surface area (Å²) in [6.07, 6.45) is -2.69. The van der Waals surface area contributed by atoms with Crippen LogP contribution in [-0.2, 0) is 10.4 Å². The molecule has 0 aliphatic rings. The summed E-state index contributed by atoms with van der Waals surface area (Å²) in [5.41, 5.74) is -1.65. The SMILES string of the molecule is CCOSOc1c(-n2ncc(Cl)c(Cl)c2=O)nc2ccc(C(F)(F)F)cn12. The minimum absolute atomic E-state index is 0.0767. The van der Waals surface area contributed by atoms with Crippen molar-refractivity contribution in [1.82, 2.24) is 19.2 Å². The standard InChI is InChI=1S/C14H9Cl2F3N4O3S/c1-2-25-27-26-13-11(23-12(24)10(16)8(15)5-20-23)21-9-4-3-7(6-22(9)13)14(17,18)19/h3-6H,2H2,1H3. The monoisotopic (exact) mass is 440 g/mol. The number of imidazole rings is 1. The van der Waals surface area contributed by atoms with Crippen LogP contribution in [0.1, 0.15) is 12.5 Å². The van der Waals surface area contributed by atoms with Crippen LogP contribution in [0, 0.1) is 0 Å². The average Bonchev–Trinajstić information content (AvgIpc) is 2.97. The van der Waals surface area contributed by atoms with E-state index < -0.39 is 17.3 Å². The zero-order valence-electron chi connectivity index (χ0n) is 13.3. The van der Waals surface area contributed by atoms with Crippen molar-refractivity contribution in [2.24, 2.45) is 0 Å². The van der Waals surface area contributed by atoms with Crippen molar-refractivity contribution in [2.75, 3.05) is 6.61 Å². The zero-order valence-corrected chi connectivity index (χ0v) is 15.7. The summed E-state index contributed by atoms with van der Waals surface area (Å²) in [5.74, 6) is -0.382. The Morgan fingerprint density at radius 2 is 2.04 bits per heavy atom. The Morgan fingerprint density at radius 3 is 2.70 bits per heavy atom. The van der Waals surface area contributed by atoms with Gasteiger partial charge in [-0.1, -0.05) is 23.2 Å². The lowest BCUT2D eigenvalue weighted by atomic mass is 10.3. The molecule has 0 saturated carbocycles. The molecule has 0 saturated heterocycles. The third kappa shape index (κ3) is 3.86. The molecule has 0 aliphatic carbocycles. The molecule has 13 heteroatoms. The normalized spacial score (nSPS) is 11.9. The number of hydrogen-bond donors (Lipinski definition) is 0. The van der Waals surface area contributed by atoms with Gasteiger partial charge in [0.2, 0.25) is 18.1 Å². The van der Waals surface area contributed by atoms with Crippen LogP contribution in [0.15, 0.2) is 29.3 Å². The summed E-state index contributed by atoms with van der Waals surface area (Å²) in [6.45, 7) is 1.97. The van der Waals surface area contributed by atoms with Crippen LogP contribution in [0.2, 0.25) is 10.0 Å². The van der Waals surface area contributed by atoms with Gasteiger partial charge in [-0.2, -0.15) is 23.0 Å². The molecule has 0 aromatic carbocycles. The van der Waals surface area contributed by atoms with Gasteiger partial charge in [0.1, 0.15) is 10.7 Å². The minimum atomic E-state index is -4.58. The Morgan fingerprint density at radius 1 is 1.30 bits per heavy atom. The molecule has 0 N–H and O–H groups in total. The molecule has 144 valence electrons. The van der Waals surface area contributed by atoms with E-state index in [9.17, 15) is 18.0 Å². The molecule has 0 amide bonds. The quantitative estimate of drug-likeness (QED) is 0.437. The summed E-state index contributed by atoms with van der Waals surface area (Å²) in [5, 5.41) is 3.43. The maximum Gasteiger partial charge on any atom is 0.417 e. The van der Waals surface area contributed by atoms with Gasteiger partial charge in [-0.3, -0.25) is 13.4 Å². The van der Waals surface area contributed by atoms with Crippen molar-refractivity contribution >= 4 is 41.2 Å². The molecule has 0 spiro atoms. The smallest absolute Gasteiger partial charge is 0.377 e. The second-order valence-corrected chi connectivity index (χ2v) is 6.29. The van der Waals surface area contributed by atoms with E-state index in [-0.39, 0.29) is 34.0 Å². The number of alkyl halides is 3. The maximum atomic E-state index is 13.0. The average molecular weight is 441 g/mol. The Labute approximate surface area is 164 Å². The zero-order chi connectivity index (χ0) is 19.8. The van der Waals surface area contributed by atoms with E-state index in [2.05, 4.69) is 10.1 Å². The van der Waals surface area contributed by atoms with Crippen molar-refractivity contribution in [3.8, 4) is 11.7 Å². The van der Waals surface area contributed by atoms with Crippen LogP contribution in [0.5, 0.6) is 5.88 Å². The Bertz CT molecular complexity index is 1050. The summed E-state index contributed by atoms with van der Waals surface area (Å²) >= 11 is 12.1. The summed E-state index contributed by atoms with van der Waals surface area (Å²) in [6, 6.07) is 1.99. The molecule has 3 heterocycles. The lowest BCUT2D eigenvalue weighted by Crippen LogP contribution is -2.22. The third-order valence-corrected chi connectivity index (χ3v) is 4.55. The Kier molecular flexibility index (Phi) is 5.56.